The molecule has 2 aromatic carbocycles. The van der Waals surface area contributed by atoms with Crippen molar-refractivity contribution in [3.63, 3.8) is 0 Å². The first-order valence-corrected chi connectivity index (χ1v) is 11.1. The third-order valence-corrected chi connectivity index (χ3v) is 5.24. The van der Waals surface area contributed by atoms with E-state index in [-0.39, 0.29) is 24.2 Å². The van der Waals surface area contributed by atoms with Crippen molar-refractivity contribution in [1.29, 1.82) is 0 Å². The Hall–Kier alpha value is -3.96. The minimum atomic E-state index is -0.419. The number of methoxy groups -OCH3 is 1. The number of amides is 2. The monoisotopic (exact) mass is 461 g/mol. The molecule has 0 atom stereocenters. The molecule has 8 heteroatoms. The van der Waals surface area contributed by atoms with Crippen LogP contribution >= 0.6 is 11.3 Å². The molecule has 0 saturated heterocycles. The molecular formula is C25H23N3O4S. The molecule has 168 valence electrons. The van der Waals surface area contributed by atoms with Gasteiger partial charge in [0.05, 0.1) is 24.8 Å². The van der Waals surface area contributed by atoms with E-state index in [1.54, 1.807) is 61.7 Å². The van der Waals surface area contributed by atoms with Gasteiger partial charge in [0.25, 0.3) is 0 Å². The lowest BCUT2D eigenvalue weighted by atomic mass is 10.1. The molecule has 1 heterocycles. The maximum Gasteiger partial charge on any atom is 0.337 e. The lowest BCUT2D eigenvalue weighted by molar-refractivity contribution is -0.119. The van der Waals surface area contributed by atoms with Crippen molar-refractivity contribution in [1.82, 2.24) is 4.98 Å². The van der Waals surface area contributed by atoms with Gasteiger partial charge in [0.2, 0.25) is 11.8 Å². The molecule has 1 aromatic heterocycles. The predicted octanol–water partition coefficient (Wildman–Crippen LogP) is 4.11. The Morgan fingerprint density at radius 2 is 1.73 bits per heavy atom. The van der Waals surface area contributed by atoms with Crippen molar-refractivity contribution >= 4 is 39.9 Å². The highest BCUT2D eigenvalue weighted by Crippen LogP contribution is 2.18. The second-order valence-electron chi connectivity index (χ2n) is 7.42. The SMILES string of the molecule is COC(=O)c1cccc(C#Cc2cccc(NC(=O)Cc3csc(NC(=O)C(C)C)n3)c2)c1. The van der Waals surface area contributed by atoms with E-state index >= 15 is 0 Å². The van der Waals surface area contributed by atoms with Crippen molar-refractivity contribution in [2.75, 3.05) is 17.7 Å². The number of nitrogens with one attached hydrogen (secondary N) is 2. The Bertz CT molecular complexity index is 1240. The fraction of sp³-hybridized carbons (Fsp3) is 0.200. The molecule has 0 saturated carbocycles. The molecule has 33 heavy (non-hydrogen) atoms. The van der Waals surface area contributed by atoms with Crippen molar-refractivity contribution in [3.05, 3.63) is 76.3 Å². The van der Waals surface area contributed by atoms with Gasteiger partial charge < -0.3 is 15.4 Å². The van der Waals surface area contributed by atoms with E-state index in [4.69, 9.17) is 4.74 Å². The van der Waals surface area contributed by atoms with Crippen molar-refractivity contribution in [3.8, 4) is 11.8 Å². The third-order valence-electron chi connectivity index (χ3n) is 4.43. The van der Waals surface area contributed by atoms with Gasteiger partial charge in [-0.2, -0.15) is 0 Å². The van der Waals surface area contributed by atoms with Crippen LogP contribution in [-0.2, 0) is 20.7 Å². The van der Waals surface area contributed by atoms with Crippen LogP contribution in [0, 0.1) is 17.8 Å². The molecule has 0 aliphatic carbocycles. The third kappa shape index (κ3) is 7.02. The summed E-state index contributed by atoms with van der Waals surface area (Å²) in [7, 11) is 1.33. The Labute approximate surface area is 196 Å². The van der Waals surface area contributed by atoms with Gasteiger partial charge in [-0.05, 0) is 36.4 Å². The lowest BCUT2D eigenvalue weighted by Crippen LogP contribution is -2.18. The van der Waals surface area contributed by atoms with Crippen molar-refractivity contribution < 1.29 is 19.1 Å². The van der Waals surface area contributed by atoms with E-state index in [9.17, 15) is 14.4 Å². The summed E-state index contributed by atoms with van der Waals surface area (Å²) in [5.41, 5.74) is 3.01. The number of carbonyl (C=O) groups is 3. The number of rotatable bonds is 6. The minimum absolute atomic E-state index is 0.0876. The Kier molecular flexibility index (Phi) is 7.95. The highest BCUT2D eigenvalue weighted by Gasteiger charge is 2.12. The minimum Gasteiger partial charge on any atom is -0.465 e. The second kappa shape index (κ2) is 11.1. The number of hydrogen-bond acceptors (Lipinski definition) is 6. The van der Waals surface area contributed by atoms with Crippen LogP contribution in [0.15, 0.2) is 53.9 Å². The number of esters is 1. The summed E-state index contributed by atoms with van der Waals surface area (Å²) in [6.07, 6.45) is 0.0876. The summed E-state index contributed by atoms with van der Waals surface area (Å²) in [5, 5.41) is 7.79. The van der Waals surface area contributed by atoms with Crippen LogP contribution in [0.25, 0.3) is 0 Å². The maximum atomic E-state index is 12.4. The van der Waals surface area contributed by atoms with Crippen molar-refractivity contribution in [2.45, 2.75) is 20.3 Å². The van der Waals surface area contributed by atoms with Crippen LogP contribution in [0.4, 0.5) is 10.8 Å². The fourth-order valence-corrected chi connectivity index (χ4v) is 3.44. The summed E-state index contributed by atoms with van der Waals surface area (Å²) in [4.78, 5) is 40.1. The van der Waals surface area contributed by atoms with Gasteiger partial charge in [-0.15, -0.1) is 11.3 Å². The van der Waals surface area contributed by atoms with Gasteiger partial charge in [0.15, 0.2) is 5.13 Å². The summed E-state index contributed by atoms with van der Waals surface area (Å²) in [6, 6.07) is 14.0. The lowest BCUT2D eigenvalue weighted by Gasteiger charge is -2.05. The predicted molar refractivity (Wildman–Crippen MR) is 128 cm³/mol. The topological polar surface area (TPSA) is 97.4 Å². The molecule has 2 N–H and O–H groups in total. The van der Waals surface area contributed by atoms with Crippen LogP contribution in [0.5, 0.6) is 0 Å². The molecule has 0 aliphatic rings. The summed E-state index contributed by atoms with van der Waals surface area (Å²) < 4.78 is 4.73. The van der Waals surface area contributed by atoms with E-state index in [2.05, 4.69) is 27.5 Å². The first-order valence-electron chi connectivity index (χ1n) is 10.2. The van der Waals surface area contributed by atoms with E-state index < -0.39 is 5.97 Å². The number of thiazole rings is 1. The summed E-state index contributed by atoms with van der Waals surface area (Å²) >= 11 is 1.28. The van der Waals surface area contributed by atoms with Crippen LogP contribution in [0.1, 0.15) is 41.0 Å². The van der Waals surface area contributed by atoms with Gasteiger partial charge in [-0.1, -0.05) is 37.8 Å². The van der Waals surface area contributed by atoms with Crippen LogP contribution in [-0.4, -0.2) is 29.9 Å². The zero-order valence-electron chi connectivity index (χ0n) is 18.5. The van der Waals surface area contributed by atoms with E-state index in [1.807, 2.05) is 6.07 Å². The number of anilines is 2. The molecular weight excluding hydrogens is 438 g/mol. The number of ether oxygens (including phenoxy) is 1. The molecule has 3 rings (SSSR count). The molecule has 0 unspecified atom stereocenters. The number of carbonyl (C=O) groups excluding carboxylic acids is 3. The molecule has 0 bridgehead atoms. The maximum absolute atomic E-state index is 12.4. The Balaban J connectivity index is 1.62. The van der Waals surface area contributed by atoms with Gasteiger partial charge in [0.1, 0.15) is 0 Å². The number of aromatic nitrogens is 1. The molecule has 0 aliphatic heterocycles. The quantitative estimate of drug-likeness (QED) is 0.425. The van der Waals surface area contributed by atoms with Gasteiger partial charge >= 0.3 is 5.97 Å². The van der Waals surface area contributed by atoms with Gasteiger partial charge in [-0.25, -0.2) is 9.78 Å². The normalized spacial score (nSPS) is 10.2. The molecule has 0 spiro atoms. The number of nitrogens with zero attached hydrogens (tertiary/aromatic N) is 1. The van der Waals surface area contributed by atoms with E-state index in [0.717, 1.165) is 0 Å². The summed E-state index contributed by atoms with van der Waals surface area (Å²) in [5.74, 6) is 5.14. The Morgan fingerprint density at radius 1 is 1.03 bits per heavy atom. The van der Waals surface area contributed by atoms with Crippen molar-refractivity contribution in [2.24, 2.45) is 5.92 Å². The zero-order valence-corrected chi connectivity index (χ0v) is 19.3. The molecule has 7 nitrogen and oxygen atoms in total. The fourth-order valence-electron chi connectivity index (χ4n) is 2.73. The highest BCUT2D eigenvalue weighted by molar-refractivity contribution is 7.13. The van der Waals surface area contributed by atoms with Gasteiger partial charge in [0, 0.05) is 28.1 Å². The van der Waals surface area contributed by atoms with Gasteiger partial charge in [-0.3, -0.25) is 9.59 Å². The van der Waals surface area contributed by atoms with Crippen LogP contribution in [0.3, 0.4) is 0 Å². The smallest absolute Gasteiger partial charge is 0.337 e. The molecule has 0 radical (unpaired) electrons. The second-order valence-corrected chi connectivity index (χ2v) is 8.27. The number of hydrogen-bond donors (Lipinski definition) is 2. The molecule has 0 fully saturated rings. The highest BCUT2D eigenvalue weighted by atomic mass is 32.1. The first kappa shape index (κ1) is 23.7. The van der Waals surface area contributed by atoms with Crippen LogP contribution in [0.2, 0.25) is 0 Å². The largest absolute Gasteiger partial charge is 0.465 e. The van der Waals surface area contributed by atoms with E-state index in [0.29, 0.717) is 33.2 Å². The average Bonchev–Trinajstić information content (AvgIpc) is 3.23. The first-order chi connectivity index (χ1) is 15.8. The van der Waals surface area contributed by atoms with E-state index in [1.165, 1.54) is 18.4 Å². The molecule has 2 amide bonds. The average molecular weight is 462 g/mol. The van der Waals surface area contributed by atoms with Crippen LogP contribution < -0.4 is 10.6 Å². The summed E-state index contributed by atoms with van der Waals surface area (Å²) in [6.45, 7) is 3.60. The number of benzene rings is 2. The Morgan fingerprint density at radius 3 is 2.42 bits per heavy atom. The standard InChI is InChI=1S/C25H23N3O4S/c1-16(2)23(30)28-25-27-21(15-33-25)14-22(29)26-20-9-5-7-18(13-20)11-10-17-6-4-8-19(12-17)24(31)32-3/h4-9,12-13,15-16H,14H2,1-3H3,(H,26,29)(H,27,28,30). The zero-order chi connectivity index (χ0) is 23.8. The molecule has 3 aromatic rings.